The molecule has 1 N–H and O–H groups in total. The van der Waals surface area contributed by atoms with Crippen LogP contribution >= 0.6 is 31.9 Å². The molecular formula is C15H21Br2NO2. The van der Waals surface area contributed by atoms with E-state index in [-0.39, 0.29) is 5.60 Å². The van der Waals surface area contributed by atoms with Crippen molar-refractivity contribution >= 4 is 31.9 Å². The molecular weight excluding hydrogens is 386 g/mol. The molecule has 5 heteroatoms. The molecule has 0 atom stereocenters. The molecule has 0 bridgehead atoms. The van der Waals surface area contributed by atoms with E-state index in [0.29, 0.717) is 6.61 Å². The Bertz CT molecular complexity index is 456. The number of rotatable bonds is 7. The van der Waals surface area contributed by atoms with Crippen LogP contribution in [0.1, 0.15) is 31.7 Å². The predicted molar refractivity (Wildman–Crippen MR) is 88.3 cm³/mol. The van der Waals surface area contributed by atoms with Gasteiger partial charge in [-0.05, 0) is 54.2 Å². The Balaban J connectivity index is 2.01. The van der Waals surface area contributed by atoms with E-state index in [4.69, 9.17) is 9.47 Å². The third kappa shape index (κ3) is 3.75. The fourth-order valence-corrected chi connectivity index (χ4v) is 3.93. The third-order valence-corrected chi connectivity index (χ3v) is 4.88. The van der Waals surface area contributed by atoms with Crippen LogP contribution in [0.5, 0.6) is 5.75 Å². The molecule has 0 radical (unpaired) electrons. The summed E-state index contributed by atoms with van der Waals surface area (Å²) in [4.78, 5) is 0. The normalized spacial score (nSPS) is 16.8. The predicted octanol–water partition coefficient (Wildman–Crippen LogP) is 4.27. The second kappa shape index (κ2) is 7.25. The Labute approximate surface area is 137 Å². The average molecular weight is 407 g/mol. The maximum Gasteiger partial charge on any atom is 0.138 e. The Kier molecular flexibility index (Phi) is 5.90. The zero-order chi connectivity index (χ0) is 14.6. The molecule has 1 aromatic carbocycles. The maximum absolute atomic E-state index is 5.73. The van der Waals surface area contributed by atoms with Gasteiger partial charge in [-0.2, -0.15) is 0 Å². The molecule has 1 fully saturated rings. The molecule has 1 aliphatic carbocycles. The number of hydrogen-bond donors (Lipinski definition) is 1. The van der Waals surface area contributed by atoms with E-state index in [0.717, 1.165) is 46.2 Å². The molecule has 0 saturated heterocycles. The molecule has 0 unspecified atom stereocenters. The molecule has 0 spiro atoms. The molecule has 20 heavy (non-hydrogen) atoms. The van der Waals surface area contributed by atoms with Crippen molar-refractivity contribution in [1.29, 1.82) is 0 Å². The van der Waals surface area contributed by atoms with Crippen LogP contribution in [-0.4, -0.2) is 25.9 Å². The van der Waals surface area contributed by atoms with E-state index in [2.05, 4.69) is 43.2 Å². The lowest BCUT2D eigenvalue weighted by Crippen LogP contribution is -2.47. The Morgan fingerprint density at radius 1 is 1.30 bits per heavy atom. The van der Waals surface area contributed by atoms with E-state index in [1.165, 1.54) is 6.42 Å². The summed E-state index contributed by atoms with van der Waals surface area (Å²) >= 11 is 7.09. The largest absolute Gasteiger partial charge is 0.492 e. The van der Waals surface area contributed by atoms with Crippen molar-refractivity contribution in [1.82, 2.24) is 5.32 Å². The molecule has 1 saturated carbocycles. The Morgan fingerprint density at radius 3 is 2.60 bits per heavy atom. The lowest BCUT2D eigenvalue weighted by atomic mass is 9.80. The number of benzene rings is 1. The summed E-state index contributed by atoms with van der Waals surface area (Å²) in [5, 5.41) is 3.50. The number of hydrogen-bond acceptors (Lipinski definition) is 3. The van der Waals surface area contributed by atoms with E-state index >= 15 is 0 Å². The lowest BCUT2D eigenvalue weighted by molar-refractivity contribution is -0.0695. The molecule has 0 heterocycles. The van der Waals surface area contributed by atoms with Crippen molar-refractivity contribution in [2.75, 3.05) is 20.3 Å². The standard InChI is InChI=1S/C15H21Br2NO2/c1-3-20-14-11(7-12(16)8-13(14)17)9-18-10-15(19-2)5-4-6-15/h7-8,18H,3-6,9-10H2,1-2H3. The van der Waals surface area contributed by atoms with Gasteiger partial charge in [-0.15, -0.1) is 0 Å². The van der Waals surface area contributed by atoms with E-state index in [9.17, 15) is 0 Å². The molecule has 2 rings (SSSR count). The SMILES string of the molecule is CCOc1c(Br)cc(Br)cc1CNCC1(OC)CCC1. The van der Waals surface area contributed by atoms with Gasteiger partial charge in [0.1, 0.15) is 5.75 Å². The molecule has 0 amide bonds. The minimum absolute atomic E-state index is 0.0506. The minimum atomic E-state index is 0.0506. The van der Waals surface area contributed by atoms with Gasteiger partial charge < -0.3 is 14.8 Å². The molecule has 112 valence electrons. The van der Waals surface area contributed by atoms with E-state index < -0.39 is 0 Å². The highest BCUT2D eigenvalue weighted by Gasteiger charge is 2.36. The Hall–Kier alpha value is -0.100. The van der Waals surface area contributed by atoms with Crippen LogP contribution in [0.2, 0.25) is 0 Å². The second-order valence-electron chi connectivity index (χ2n) is 5.15. The van der Waals surface area contributed by atoms with Crippen LogP contribution in [0.15, 0.2) is 21.1 Å². The van der Waals surface area contributed by atoms with Crippen molar-refractivity contribution in [3.63, 3.8) is 0 Å². The number of ether oxygens (including phenoxy) is 2. The van der Waals surface area contributed by atoms with Crippen LogP contribution < -0.4 is 10.1 Å². The summed E-state index contributed by atoms with van der Waals surface area (Å²) in [5.74, 6) is 0.920. The quantitative estimate of drug-likeness (QED) is 0.733. The van der Waals surface area contributed by atoms with E-state index in [1.807, 2.05) is 20.1 Å². The van der Waals surface area contributed by atoms with E-state index in [1.54, 1.807) is 0 Å². The summed E-state index contributed by atoms with van der Waals surface area (Å²) in [5.41, 5.74) is 1.20. The molecule has 0 aliphatic heterocycles. The van der Waals surface area contributed by atoms with Crippen molar-refractivity contribution in [2.45, 2.75) is 38.3 Å². The summed E-state index contributed by atoms with van der Waals surface area (Å²) in [7, 11) is 1.81. The Morgan fingerprint density at radius 2 is 2.05 bits per heavy atom. The van der Waals surface area contributed by atoms with Gasteiger partial charge in [0, 0.05) is 30.2 Å². The van der Waals surface area contributed by atoms with Crippen molar-refractivity contribution in [3.8, 4) is 5.75 Å². The summed E-state index contributed by atoms with van der Waals surface area (Å²) in [6.45, 7) is 4.33. The molecule has 0 aromatic heterocycles. The van der Waals surface area contributed by atoms with Gasteiger partial charge in [-0.1, -0.05) is 15.9 Å². The number of nitrogens with one attached hydrogen (secondary N) is 1. The van der Waals surface area contributed by atoms with Crippen molar-refractivity contribution in [2.24, 2.45) is 0 Å². The van der Waals surface area contributed by atoms with Crippen LogP contribution in [0, 0.1) is 0 Å². The highest BCUT2D eigenvalue weighted by molar-refractivity contribution is 9.11. The summed E-state index contributed by atoms with van der Waals surface area (Å²) < 4.78 is 13.4. The maximum atomic E-state index is 5.73. The average Bonchev–Trinajstić information content (AvgIpc) is 2.36. The zero-order valence-electron chi connectivity index (χ0n) is 12.0. The second-order valence-corrected chi connectivity index (χ2v) is 6.92. The molecule has 1 aromatic rings. The van der Waals surface area contributed by atoms with Crippen molar-refractivity contribution in [3.05, 3.63) is 26.6 Å². The highest BCUT2D eigenvalue weighted by Crippen LogP contribution is 2.35. The smallest absolute Gasteiger partial charge is 0.138 e. The first-order chi connectivity index (χ1) is 9.60. The van der Waals surface area contributed by atoms with Crippen LogP contribution in [-0.2, 0) is 11.3 Å². The fraction of sp³-hybridized carbons (Fsp3) is 0.600. The zero-order valence-corrected chi connectivity index (χ0v) is 15.1. The molecule has 1 aliphatic rings. The first-order valence-electron chi connectivity index (χ1n) is 6.97. The third-order valence-electron chi connectivity index (χ3n) is 3.83. The van der Waals surface area contributed by atoms with Gasteiger partial charge in [0.05, 0.1) is 16.7 Å². The van der Waals surface area contributed by atoms with Gasteiger partial charge in [0.2, 0.25) is 0 Å². The monoisotopic (exact) mass is 405 g/mol. The van der Waals surface area contributed by atoms with Gasteiger partial charge in [-0.25, -0.2) is 0 Å². The fourth-order valence-electron chi connectivity index (χ4n) is 2.50. The summed E-state index contributed by atoms with van der Waals surface area (Å²) in [6, 6.07) is 4.11. The van der Waals surface area contributed by atoms with Crippen LogP contribution in [0.25, 0.3) is 0 Å². The topological polar surface area (TPSA) is 30.5 Å². The first-order valence-corrected chi connectivity index (χ1v) is 8.55. The van der Waals surface area contributed by atoms with Gasteiger partial charge >= 0.3 is 0 Å². The van der Waals surface area contributed by atoms with Gasteiger partial charge in [0.25, 0.3) is 0 Å². The van der Waals surface area contributed by atoms with Crippen molar-refractivity contribution < 1.29 is 9.47 Å². The number of halogens is 2. The van der Waals surface area contributed by atoms with Gasteiger partial charge in [0.15, 0.2) is 0 Å². The van der Waals surface area contributed by atoms with Gasteiger partial charge in [-0.3, -0.25) is 0 Å². The van der Waals surface area contributed by atoms with Crippen LogP contribution in [0.3, 0.4) is 0 Å². The first kappa shape index (κ1) is 16.3. The summed E-state index contributed by atoms with van der Waals surface area (Å²) in [6.07, 6.45) is 3.57. The minimum Gasteiger partial charge on any atom is -0.492 e. The molecule has 3 nitrogen and oxygen atoms in total. The number of methoxy groups -OCH3 is 1. The van der Waals surface area contributed by atoms with Crippen LogP contribution in [0.4, 0.5) is 0 Å². The lowest BCUT2D eigenvalue weighted by Gasteiger charge is -2.40. The highest BCUT2D eigenvalue weighted by atomic mass is 79.9.